The highest BCUT2D eigenvalue weighted by atomic mass is 35.5. The SMILES string of the molecule is CCNC(=O)C(Cc1ccccc1)N(Cc1ccc(Cl)cc1)C(=O)CN1C(=O)c2cccc3cccc1c23. The molecule has 0 aromatic heterocycles. The molecule has 6 nitrogen and oxygen atoms in total. The highest BCUT2D eigenvalue weighted by molar-refractivity contribution is 6.30. The van der Waals surface area contributed by atoms with Crippen LogP contribution in [0.25, 0.3) is 10.8 Å². The summed E-state index contributed by atoms with van der Waals surface area (Å²) in [5.41, 5.74) is 3.07. The Morgan fingerprint density at radius 1 is 0.895 bits per heavy atom. The molecule has 0 saturated heterocycles. The fourth-order valence-corrected chi connectivity index (χ4v) is 5.12. The summed E-state index contributed by atoms with van der Waals surface area (Å²) in [7, 11) is 0. The zero-order valence-electron chi connectivity index (χ0n) is 21.1. The first-order valence-corrected chi connectivity index (χ1v) is 13.0. The molecule has 0 fully saturated rings. The molecular formula is C31H28ClN3O3. The van der Waals surface area contributed by atoms with E-state index in [1.165, 1.54) is 4.90 Å². The lowest BCUT2D eigenvalue weighted by molar-refractivity contribution is -0.140. The first kappa shape index (κ1) is 25.5. The van der Waals surface area contributed by atoms with E-state index in [-0.39, 0.29) is 30.8 Å². The molecule has 1 N–H and O–H groups in total. The van der Waals surface area contributed by atoms with Crippen LogP contribution in [-0.2, 0) is 22.6 Å². The number of carbonyl (C=O) groups excluding carboxylic acids is 3. The van der Waals surface area contributed by atoms with E-state index < -0.39 is 6.04 Å². The summed E-state index contributed by atoms with van der Waals surface area (Å²) in [5.74, 6) is -0.767. The maximum Gasteiger partial charge on any atom is 0.259 e. The number of nitrogens with zero attached hydrogens (tertiary/aromatic N) is 2. The molecule has 0 spiro atoms. The Hall–Kier alpha value is -4.16. The van der Waals surface area contributed by atoms with E-state index in [2.05, 4.69) is 5.32 Å². The van der Waals surface area contributed by atoms with Crippen LogP contribution in [0, 0.1) is 0 Å². The molecule has 0 aliphatic carbocycles. The van der Waals surface area contributed by atoms with E-state index >= 15 is 0 Å². The molecule has 1 heterocycles. The summed E-state index contributed by atoms with van der Waals surface area (Å²) in [6, 6.07) is 27.4. The molecule has 4 aromatic carbocycles. The van der Waals surface area contributed by atoms with Crippen molar-refractivity contribution in [2.45, 2.75) is 25.9 Å². The van der Waals surface area contributed by atoms with E-state index in [0.717, 1.165) is 21.9 Å². The predicted molar refractivity (Wildman–Crippen MR) is 150 cm³/mol. The molecule has 0 radical (unpaired) electrons. The topological polar surface area (TPSA) is 69.7 Å². The first-order valence-electron chi connectivity index (χ1n) is 12.7. The highest BCUT2D eigenvalue weighted by Crippen LogP contribution is 2.37. The maximum atomic E-state index is 14.1. The minimum absolute atomic E-state index is 0.176. The average Bonchev–Trinajstić information content (AvgIpc) is 3.20. The second-order valence-corrected chi connectivity index (χ2v) is 9.76. The number of anilines is 1. The van der Waals surface area contributed by atoms with E-state index in [0.29, 0.717) is 29.2 Å². The molecule has 1 aliphatic heterocycles. The Morgan fingerprint density at radius 3 is 2.32 bits per heavy atom. The van der Waals surface area contributed by atoms with Crippen molar-refractivity contribution in [3.8, 4) is 0 Å². The van der Waals surface area contributed by atoms with Crippen LogP contribution in [0.4, 0.5) is 5.69 Å². The van der Waals surface area contributed by atoms with E-state index in [1.54, 1.807) is 23.1 Å². The fourth-order valence-electron chi connectivity index (χ4n) is 4.99. The van der Waals surface area contributed by atoms with Gasteiger partial charge in [0, 0.05) is 35.5 Å². The number of benzene rings is 4. The van der Waals surface area contributed by atoms with Gasteiger partial charge in [-0.25, -0.2) is 0 Å². The van der Waals surface area contributed by atoms with Crippen molar-refractivity contribution in [3.05, 3.63) is 113 Å². The Morgan fingerprint density at radius 2 is 1.61 bits per heavy atom. The largest absolute Gasteiger partial charge is 0.355 e. The number of amides is 3. The molecule has 3 amide bonds. The van der Waals surface area contributed by atoms with E-state index in [9.17, 15) is 14.4 Å². The number of halogens is 1. The third-order valence-corrected chi connectivity index (χ3v) is 7.08. The summed E-state index contributed by atoms with van der Waals surface area (Å²) >= 11 is 6.10. The van der Waals surface area contributed by atoms with Crippen molar-refractivity contribution >= 4 is 45.8 Å². The van der Waals surface area contributed by atoms with Crippen LogP contribution in [0.1, 0.15) is 28.4 Å². The van der Waals surface area contributed by atoms with Gasteiger partial charge in [-0.2, -0.15) is 0 Å². The van der Waals surface area contributed by atoms with Crippen LogP contribution in [-0.4, -0.2) is 41.8 Å². The van der Waals surface area contributed by atoms with Gasteiger partial charge in [0.15, 0.2) is 0 Å². The van der Waals surface area contributed by atoms with Crippen molar-refractivity contribution in [2.75, 3.05) is 18.0 Å². The monoisotopic (exact) mass is 525 g/mol. The molecule has 4 aromatic rings. The van der Waals surface area contributed by atoms with Gasteiger partial charge >= 0.3 is 0 Å². The lowest BCUT2D eigenvalue weighted by Gasteiger charge is -2.33. The van der Waals surface area contributed by atoms with Gasteiger partial charge in [-0.15, -0.1) is 0 Å². The smallest absolute Gasteiger partial charge is 0.259 e. The number of rotatable bonds is 9. The van der Waals surface area contributed by atoms with Crippen LogP contribution in [0.3, 0.4) is 0 Å². The molecular weight excluding hydrogens is 498 g/mol. The molecule has 0 saturated carbocycles. The van der Waals surface area contributed by atoms with E-state index in [4.69, 9.17) is 11.6 Å². The van der Waals surface area contributed by atoms with Gasteiger partial charge in [-0.3, -0.25) is 19.3 Å². The van der Waals surface area contributed by atoms with Crippen LogP contribution < -0.4 is 10.2 Å². The number of hydrogen-bond donors (Lipinski definition) is 1. The molecule has 1 unspecified atom stereocenters. The van der Waals surface area contributed by atoms with Gasteiger partial charge in [0.05, 0.1) is 5.69 Å². The Balaban J connectivity index is 1.50. The quantitative estimate of drug-likeness (QED) is 0.325. The summed E-state index contributed by atoms with van der Waals surface area (Å²) in [6.07, 6.45) is 0.343. The molecule has 38 heavy (non-hydrogen) atoms. The van der Waals surface area contributed by atoms with Crippen molar-refractivity contribution in [1.82, 2.24) is 10.2 Å². The highest BCUT2D eigenvalue weighted by Gasteiger charge is 2.35. The number of nitrogens with one attached hydrogen (secondary N) is 1. The van der Waals surface area contributed by atoms with Crippen molar-refractivity contribution in [2.24, 2.45) is 0 Å². The van der Waals surface area contributed by atoms with Crippen LogP contribution >= 0.6 is 11.6 Å². The van der Waals surface area contributed by atoms with Gasteiger partial charge in [0.2, 0.25) is 11.8 Å². The van der Waals surface area contributed by atoms with Crippen molar-refractivity contribution in [1.29, 1.82) is 0 Å². The zero-order chi connectivity index (χ0) is 26.6. The standard InChI is InChI=1S/C31H28ClN3O3/c1-2-33-30(37)27(18-21-8-4-3-5-9-21)34(19-22-14-16-24(32)17-15-22)28(36)20-35-26-13-7-11-23-10-6-12-25(29(23)26)31(35)38/h3-17,27H,2,18-20H2,1H3,(H,33,37). The van der Waals surface area contributed by atoms with Gasteiger partial charge in [-0.1, -0.05) is 78.3 Å². The van der Waals surface area contributed by atoms with Crippen LogP contribution in [0.5, 0.6) is 0 Å². The molecule has 7 heteroatoms. The number of carbonyl (C=O) groups is 3. The van der Waals surface area contributed by atoms with Gasteiger partial charge in [0.1, 0.15) is 12.6 Å². The number of hydrogen-bond acceptors (Lipinski definition) is 3. The van der Waals surface area contributed by atoms with Crippen molar-refractivity contribution in [3.63, 3.8) is 0 Å². The Bertz CT molecular complexity index is 1480. The summed E-state index contributed by atoms with van der Waals surface area (Å²) in [6.45, 7) is 2.31. The third-order valence-electron chi connectivity index (χ3n) is 6.83. The molecule has 5 rings (SSSR count). The first-order chi connectivity index (χ1) is 18.5. The molecule has 192 valence electrons. The average molecular weight is 526 g/mol. The minimum atomic E-state index is -0.767. The zero-order valence-corrected chi connectivity index (χ0v) is 21.8. The molecule has 0 bridgehead atoms. The summed E-state index contributed by atoms with van der Waals surface area (Å²) in [4.78, 5) is 43.9. The lowest BCUT2D eigenvalue weighted by Crippen LogP contribution is -2.53. The second-order valence-electron chi connectivity index (χ2n) is 9.32. The minimum Gasteiger partial charge on any atom is -0.355 e. The van der Waals surface area contributed by atoms with Crippen molar-refractivity contribution < 1.29 is 14.4 Å². The Kier molecular flexibility index (Phi) is 7.43. The summed E-state index contributed by atoms with van der Waals surface area (Å²) < 4.78 is 0. The summed E-state index contributed by atoms with van der Waals surface area (Å²) in [5, 5.41) is 5.28. The van der Waals surface area contributed by atoms with Gasteiger partial charge < -0.3 is 10.2 Å². The normalized spacial score (nSPS) is 13.0. The third kappa shape index (κ3) is 5.13. The Labute approximate surface area is 226 Å². The van der Waals surface area contributed by atoms with Crippen LogP contribution in [0.2, 0.25) is 5.02 Å². The van der Waals surface area contributed by atoms with Crippen LogP contribution in [0.15, 0.2) is 91.0 Å². The maximum absolute atomic E-state index is 14.1. The number of likely N-dealkylation sites (N-methyl/N-ethyl adjacent to an activating group) is 1. The van der Waals surface area contributed by atoms with Gasteiger partial charge in [0.25, 0.3) is 5.91 Å². The molecule has 1 atom stereocenters. The predicted octanol–water partition coefficient (Wildman–Crippen LogP) is 5.23. The lowest BCUT2D eigenvalue weighted by atomic mass is 10.0. The second kappa shape index (κ2) is 11.1. The van der Waals surface area contributed by atoms with Gasteiger partial charge in [-0.05, 0) is 47.7 Å². The molecule has 1 aliphatic rings. The van der Waals surface area contributed by atoms with E-state index in [1.807, 2.05) is 79.7 Å². The fraction of sp³-hybridized carbons (Fsp3) is 0.194.